The van der Waals surface area contributed by atoms with E-state index in [0.29, 0.717) is 0 Å². The van der Waals surface area contributed by atoms with Crippen molar-refractivity contribution in [3.8, 4) is 0 Å². The highest BCUT2D eigenvalue weighted by molar-refractivity contribution is 5.26. The van der Waals surface area contributed by atoms with Gasteiger partial charge in [0.2, 0.25) is 0 Å². The largest absolute Gasteiger partial charge is 0.386 e. The first kappa shape index (κ1) is 14.3. The molecule has 2 atom stereocenters. The molecule has 1 heterocycles. The Morgan fingerprint density at radius 3 is 1.81 bits per heavy atom. The van der Waals surface area contributed by atoms with E-state index in [2.05, 4.69) is 29.2 Å². The van der Waals surface area contributed by atoms with E-state index in [1.807, 2.05) is 36.4 Å². The molecule has 0 aromatic heterocycles. The summed E-state index contributed by atoms with van der Waals surface area (Å²) in [6.07, 6.45) is 3.28. The highest BCUT2D eigenvalue weighted by atomic mass is 16.3. The van der Waals surface area contributed by atoms with E-state index in [0.717, 1.165) is 18.7 Å². The summed E-state index contributed by atoms with van der Waals surface area (Å²) in [5.41, 5.74) is 2.20. The lowest BCUT2D eigenvalue weighted by Crippen LogP contribution is -2.36. The molecule has 0 radical (unpaired) electrons. The van der Waals surface area contributed by atoms with E-state index in [4.69, 9.17) is 0 Å². The van der Waals surface area contributed by atoms with Gasteiger partial charge in [0.25, 0.3) is 0 Å². The van der Waals surface area contributed by atoms with Gasteiger partial charge in [0.15, 0.2) is 0 Å². The van der Waals surface area contributed by atoms with Crippen LogP contribution in [-0.2, 0) is 0 Å². The van der Waals surface area contributed by atoms with E-state index in [1.165, 1.54) is 24.8 Å². The summed E-state index contributed by atoms with van der Waals surface area (Å²) >= 11 is 0. The quantitative estimate of drug-likeness (QED) is 0.917. The first-order valence-electron chi connectivity index (χ1n) is 7.88. The van der Waals surface area contributed by atoms with Gasteiger partial charge in [-0.2, -0.15) is 0 Å². The molecule has 0 bridgehead atoms. The molecule has 1 aliphatic heterocycles. The smallest absolute Gasteiger partial charge is 0.0986 e. The molecular formula is C19H23NO. The molecule has 2 nitrogen and oxygen atoms in total. The second-order valence-corrected chi connectivity index (χ2v) is 5.81. The van der Waals surface area contributed by atoms with Gasteiger partial charge in [0.1, 0.15) is 0 Å². The summed E-state index contributed by atoms with van der Waals surface area (Å²) in [6.45, 7) is 2.15. The normalized spacial score (nSPS) is 19.1. The molecule has 0 spiro atoms. The minimum atomic E-state index is -0.480. The number of hydrogen-bond donors (Lipinski definition) is 1. The minimum absolute atomic E-state index is 0.0499. The first-order chi connectivity index (χ1) is 10.4. The summed E-state index contributed by atoms with van der Waals surface area (Å²) in [4.78, 5) is 2.44. The van der Waals surface area contributed by atoms with E-state index < -0.39 is 6.10 Å². The monoisotopic (exact) mass is 281 g/mol. The van der Waals surface area contributed by atoms with Crippen molar-refractivity contribution in [2.24, 2.45) is 0 Å². The number of aliphatic hydroxyl groups excluding tert-OH is 1. The van der Waals surface area contributed by atoms with Gasteiger partial charge < -0.3 is 5.11 Å². The molecule has 110 valence electrons. The number of likely N-dealkylation sites (tertiary alicyclic amines) is 1. The molecule has 2 aromatic rings. The zero-order chi connectivity index (χ0) is 14.5. The van der Waals surface area contributed by atoms with Crippen molar-refractivity contribution in [2.45, 2.75) is 31.4 Å². The van der Waals surface area contributed by atoms with Gasteiger partial charge in [0, 0.05) is 0 Å². The van der Waals surface area contributed by atoms with Crippen molar-refractivity contribution in [3.05, 3.63) is 71.8 Å². The van der Waals surface area contributed by atoms with Gasteiger partial charge >= 0.3 is 0 Å². The molecule has 1 aliphatic rings. The Balaban J connectivity index is 1.92. The fourth-order valence-electron chi connectivity index (χ4n) is 3.27. The van der Waals surface area contributed by atoms with Crippen LogP contribution in [0.4, 0.5) is 0 Å². The summed E-state index contributed by atoms with van der Waals surface area (Å²) in [5.74, 6) is 0. The lowest BCUT2D eigenvalue weighted by molar-refractivity contribution is 0.0362. The number of piperidine rings is 1. The average Bonchev–Trinajstić information content (AvgIpc) is 2.58. The Morgan fingerprint density at radius 1 is 0.714 bits per heavy atom. The fourth-order valence-corrected chi connectivity index (χ4v) is 3.27. The van der Waals surface area contributed by atoms with Crippen LogP contribution in [-0.4, -0.2) is 23.1 Å². The van der Waals surface area contributed by atoms with Gasteiger partial charge in [-0.15, -0.1) is 0 Å². The molecule has 3 rings (SSSR count). The standard InChI is InChI=1S/C19H23NO/c21-19(17-12-6-2-7-13-17)18(16-10-4-1-5-11-16)20-14-8-3-9-15-20/h1-2,4-7,10-13,18-19,21H,3,8-9,14-15H2/t18-,19-/m0/s1. The lowest BCUT2D eigenvalue weighted by atomic mass is 9.93. The molecule has 1 N–H and O–H groups in total. The Kier molecular flexibility index (Phi) is 4.69. The molecule has 2 heteroatoms. The van der Waals surface area contributed by atoms with Crippen molar-refractivity contribution in [2.75, 3.05) is 13.1 Å². The second kappa shape index (κ2) is 6.88. The van der Waals surface area contributed by atoms with Crippen LogP contribution < -0.4 is 0 Å². The highest BCUT2D eigenvalue weighted by Crippen LogP contribution is 2.35. The summed E-state index contributed by atoms with van der Waals surface area (Å²) < 4.78 is 0. The molecule has 0 unspecified atom stereocenters. The highest BCUT2D eigenvalue weighted by Gasteiger charge is 2.29. The maximum Gasteiger partial charge on any atom is 0.0986 e. The van der Waals surface area contributed by atoms with Crippen molar-refractivity contribution < 1.29 is 5.11 Å². The topological polar surface area (TPSA) is 23.5 Å². The SMILES string of the molecule is O[C@@H](c1ccccc1)[C@H](c1ccccc1)N1CCCCC1. The maximum atomic E-state index is 10.9. The summed E-state index contributed by atoms with van der Waals surface area (Å²) in [5, 5.41) is 10.9. The number of hydrogen-bond acceptors (Lipinski definition) is 2. The first-order valence-corrected chi connectivity index (χ1v) is 7.88. The molecular weight excluding hydrogens is 258 g/mol. The van der Waals surface area contributed by atoms with Gasteiger partial charge in [-0.25, -0.2) is 0 Å². The van der Waals surface area contributed by atoms with Crippen LogP contribution >= 0.6 is 0 Å². The second-order valence-electron chi connectivity index (χ2n) is 5.81. The van der Waals surface area contributed by atoms with Gasteiger partial charge in [0.05, 0.1) is 12.1 Å². The summed E-state index contributed by atoms with van der Waals surface area (Å²) in [7, 11) is 0. The van der Waals surface area contributed by atoms with E-state index >= 15 is 0 Å². The molecule has 0 saturated carbocycles. The van der Waals surface area contributed by atoms with Gasteiger partial charge in [-0.05, 0) is 37.1 Å². The van der Waals surface area contributed by atoms with E-state index in [9.17, 15) is 5.11 Å². The number of benzene rings is 2. The summed E-state index contributed by atoms with van der Waals surface area (Å²) in [6, 6.07) is 20.5. The Morgan fingerprint density at radius 2 is 1.24 bits per heavy atom. The van der Waals surface area contributed by atoms with Crippen LogP contribution in [0.3, 0.4) is 0 Å². The molecule has 1 fully saturated rings. The molecule has 1 saturated heterocycles. The van der Waals surface area contributed by atoms with Crippen LogP contribution in [0.15, 0.2) is 60.7 Å². The van der Waals surface area contributed by atoms with E-state index in [-0.39, 0.29) is 6.04 Å². The third-order valence-corrected chi connectivity index (χ3v) is 4.37. The van der Waals surface area contributed by atoms with Crippen LogP contribution in [0.25, 0.3) is 0 Å². The molecule has 2 aromatic carbocycles. The number of nitrogens with zero attached hydrogens (tertiary/aromatic N) is 1. The van der Waals surface area contributed by atoms with Crippen LogP contribution in [0, 0.1) is 0 Å². The third kappa shape index (κ3) is 3.34. The fraction of sp³-hybridized carbons (Fsp3) is 0.368. The maximum absolute atomic E-state index is 10.9. The van der Waals surface area contributed by atoms with Gasteiger partial charge in [-0.1, -0.05) is 67.1 Å². The van der Waals surface area contributed by atoms with Crippen molar-refractivity contribution >= 4 is 0 Å². The average molecular weight is 281 g/mol. The molecule has 0 amide bonds. The number of aliphatic hydroxyl groups is 1. The molecule has 21 heavy (non-hydrogen) atoms. The van der Waals surface area contributed by atoms with Crippen molar-refractivity contribution in [1.29, 1.82) is 0 Å². The van der Waals surface area contributed by atoms with Crippen molar-refractivity contribution in [3.63, 3.8) is 0 Å². The van der Waals surface area contributed by atoms with E-state index in [1.54, 1.807) is 0 Å². The lowest BCUT2D eigenvalue weighted by Gasteiger charge is -2.37. The molecule has 0 aliphatic carbocycles. The third-order valence-electron chi connectivity index (χ3n) is 4.37. The predicted molar refractivity (Wildman–Crippen MR) is 86.0 cm³/mol. The Labute approximate surface area is 127 Å². The minimum Gasteiger partial charge on any atom is -0.386 e. The Hall–Kier alpha value is -1.64. The van der Waals surface area contributed by atoms with Crippen molar-refractivity contribution in [1.82, 2.24) is 4.90 Å². The predicted octanol–water partition coefficient (Wildman–Crippen LogP) is 3.95. The number of rotatable bonds is 4. The zero-order valence-electron chi connectivity index (χ0n) is 12.4. The van der Waals surface area contributed by atoms with Crippen LogP contribution in [0.1, 0.15) is 42.5 Å². The zero-order valence-corrected chi connectivity index (χ0v) is 12.4. The van der Waals surface area contributed by atoms with Crippen LogP contribution in [0.2, 0.25) is 0 Å². The Bertz CT molecular complexity index is 534. The van der Waals surface area contributed by atoms with Gasteiger partial charge in [-0.3, -0.25) is 4.90 Å². The van der Waals surface area contributed by atoms with Crippen LogP contribution in [0.5, 0.6) is 0 Å².